The highest BCUT2D eigenvalue weighted by Gasteiger charge is 2.44. The summed E-state index contributed by atoms with van der Waals surface area (Å²) in [6.45, 7) is 7.02. The van der Waals surface area contributed by atoms with E-state index < -0.39 is 0 Å². The van der Waals surface area contributed by atoms with E-state index in [1.807, 2.05) is 0 Å². The highest BCUT2D eigenvalue weighted by molar-refractivity contribution is 5.00. The van der Waals surface area contributed by atoms with E-state index >= 15 is 0 Å². The summed E-state index contributed by atoms with van der Waals surface area (Å²) >= 11 is 0. The Kier molecular flexibility index (Phi) is 5.88. The van der Waals surface area contributed by atoms with Crippen LogP contribution in [0.4, 0.5) is 0 Å². The van der Waals surface area contributed by atoms with Gasteiger partial charge in [-0.05, 0) is 64.7 Å². The van der Waals surface area contributed by atoms with Crippen molar-refractivity contribution >= 4 is 0 Å². The van der Waals surface area contributed by atoms with Crippen LogP contribution in [-0.4, -0.2) is 55.6 Å². The second-order valence-corrected chi connectivity index (χ2v) is 7.35. The van der Waals surface area contributed by atoms with Crippen LogP contribution in [0.5, 0.6) is 0 Å². The largest absolute Gasteiger partial charge is 0.329 e. The van der Waals surface area contributed by atoms with Crippen molar-refractivity contribution < 1.29 is 0 Å². The third-order valence-electron chi connectivity index (χ3n) is 5.89. The molecule has 0 amide bonds. The molecule has 3 nitrogen and oxygen atoms in total. The van der Waals surface area contributed by atoms with E-state index in [-0.39, 0.29) is 0 Å². The van der Waals surface area contributed by atoms with E-state index in [1.165, 1.54) is 64.6 Å². The standard InChI is InChI=1S/C17H35N3/c1-4-16-7-5-6-10-17(16,14-18)20-11-8-15(9-12-20)13-19(2)3/h15-16H,4-14,18H2,1-3H3. The Balaban J connectivity index is 1.98. The molecule has 1 aliphatic heterocycles. The number of likely N-dealkylation sites (tertiary alicyclic amines) is 1. The van der Waals surface area contributed by atoms with Gasteiger partial charge in [0.05, 0.1) is 0 Å². The molecule has 0 aromatic rings. The fourth-order valence-corrected chi connectivity index (χ4v) is 4.77. The van der Waals surface area contributed by atoms with Gasteiger partial charge in [0.2, 0.25) is 0 Å². The predicted octanol–water partition coefficient (Wildman–Crippen LogP) is 2.56. The van der Waals surface area contributed by atoms with Crippen LogP contribution in [0.15, 0.2) is 0 Å². The number of piperidine rings is 1. The van der Waals surface area contributed by atoms with Gasteiger partial charge in [0.1, 0.15) is 0 Å². The van der Waals surface area contributed by atoms with Gasteiger partial charge in [-0.2, -0.15) is 0 Å². The maximum atomic E-state index is 6.30. The summed E-state index contributed by atoms with van der Waals surface area (Å²) in [5.74, 6) is 1.71. The number of hydrogen-bond acceptors (Lipinski definition) is 3. The fraction of sp³-hybridized carbons (Fsp3) is 1.00. The molecule has 2 atom stereocenters. The summed E-state index contributed by atoms with van der Waals surface area (Å²) in [6.07, 6.45) is 9.54. The van der Waals surface area contributed by atoms with Crippen LogP contribution >= 0.6 is 0 Å². The van der Waals surface area contributed by atoms with Crippen molar-refractivity contribution in [2.75, 3.05) is 40.3 Å². The number of nitrogens with two attached hydrogens (primary N) is 1. The van der Waals surface area contributed by atoms with Gasteiger partial charge < -0.3 is 10.6 Å². The molecule has 2 aliphatic rings. The van der Waals surface area contributed by atoms with Crippen molar-refractivity contribution in [3.05, 3.63) is 0 Å². The van der Waals surface area contributed by atoms with Crippen LogP contribution in [0, 0.1) is 11.8 Å². The molecule has 0 aromatic carbocycles. The lowest BCUT2D eigenvalue weighted by Gasteiger charge is -2.53. The molecular weight excluding hydrogens is 246 g/mol. The third kappa shape index (κ3) is 3.37. The Morgan fingerprint density at radius 1 is 1.15 bits per heavy atom. The average Bonchev–Trinajstić information content (AvgIpc) is 2.47. The summed E-state index contributed by atoms with van der Waals surface area (Å²) in [5, 5.41) is 0. The minimum atomic E-state index is 0.329. The molecule has 118 valence electrons. The van der Waals surface area contributed by atoms with Crippen molar-refractivity contribution in [3.8, 4) is 0 Å². The second-order valence-electron chi connectivity index (χ2n) is 7.35. The van der Waals surface area contributed by atoms with Gasteiger partial charge in [-0.1, -0.05) is 26.2 Å². The maximum absolute atomic E-state index is 6.30. The molecule has 2 rings (SSSR count). The summed E-state index contributed by atoms with van der Waals surface area (Å²) in [5.41, 5.74) is 6.63. The van der Waals surface area contributed by atoms with Crippen LogP contribution in [0.25, 0.3) is 0 Å². The molecule has 0 aromatic heterocycles. The fourth-order valence-electron chi connectivity index (χ4n) is 4.77. The van der Waals surface area contributed by atoms with Gasteiger partial charge in [0, 0.05) is 18.6 Å². The van der Waals surface area contributed by atoms with Gasteiger partial charge >= 0.3 is 0 Å². The molecule has 1 heterocycles. The monoisotopic (exact) mass is 281 g/mol. The van der Waals surface area contributed by atoms with Crippen LogP contribution in [-0.2, 0) is 0 Å². The minimum absolute atomic E-state index is 0.329. The van der Waals surface area contributed by atoms with Gasteiger partial charge in [0.15, 0.2) is 0 Å². The zero-order chi connectivity index (χ0) is 14.6. The van der Waals surface area contributed by atoms with Crippen LogP contribution in [0.2, 0.25) is 0 Å². The van der Waals surface area contributed by atoms with Crippen molar-refractivity contribution in [1.82, 2.24) is 9.80 Å². The zero-order valence-corrected chi connectivity index (χ0v) is 13.9. The molecule has 2 N–H and O–H groups in total. The molecule has 1 saturated heterocycles. The zero-order valence-electron chi connectivity index (χ0n) is 13.9. The highest BCUT2D eigenvalue weighted by Crippen LogP contribution is 2.41. The lowest BCUT2D eigenvalue weighted by molar-refractivity contribution is -0.0193. The summed E-state index contributed by atoms with van der Waals surface area (Å²) < 4.78 is 0. The molecule has 1 saturated carbocycles. The molecule has 20 heavy (non-hydrogen) atoms. The normalized spacial score (nSPS) is 33.8. The Morgan fingerprint density at radius 2 is 1.85 bits per heavy atom. The van der Waals surface area contributed by atoms with E-state index in [0.29, 0.717) is 5.54 Å². The maximum Gasteiger partial charge on any atom is 0.0359 e. The molecule has 0 bridgehead atoms. The van der Waals surface area contributed by atoms with Crippen LogP contribution in [0.3, 0.4) is 0 Å². The van der Waals surface area contributed by atoms with E-state index in [4.69, 9.17) is 5.73 Å². The van der Waals surface area contributed by atoms with Gasteiger partial charge in [-0.15, -0.1) is 0 Å². The van der Waals surface area contributed by atoms with Crippen LogP contribution < -0.4 is 5.73 Å². The lowest BCUT2D eigenvalue weighted by atomic mass is 9.69. The van der Waals surface area contributed by atoms with Crippen molar-refractivity contribution in [1.29, 1.82) is 0 Å². The number of rotatable bonds is 5. The first-order valence-electron chi connectivity index (χ1n) is 8.72. The number of nitrogens with zero attached hydrogens (tertiary/aromatic N) is 2. The summed E-state index contributed by atoms with van der Waals surface area (Å²) in [6, 6.07) is 0. The van der Waals surface area contributed by atoms with Crippen molar-refractivity contribution in [2.24, 2.45) is 17.6 Å². The van der Waals surface area contributed by atoms with Crippen molar-refractivity contribution in [3.63, 3.8) is 0 Å². The lowest BCUT2D eigenvalue weighted by Crippen LogP contribution is -2.61. The van der Waals surface area contributed by atoms with E-state index in [0.717, 1.165) is 18.4 Å². The SMILES string of the molecule is CCC1CCCCC1(CN)N1CCC(CN(C)C)CC1. The molecule has 0 radical (unpaired) electrons. The average molecular weight is 281 g/mol. The molecule has 3 heteroatoms. The summed E-state index contributed by atoms with van der Waals surface area (Å²) in [7, 11) is 4.39. The molecule has 2 unspecified atom stereocenters. The first-order valence-corrected chi connectivity index (χ1v) is 8.72. The molecular formula is C17H35N3. The van der Waals surface area contributed by atoms with E-state index in [1.54, 1.807) is 0 Å². The molecule has 0 spiro atoms. The number of hydrogen-bond donors (Lipinski definition) is 1. The second kappa shape index (κ2) is 7.24. The van der Waals surface area contributed by atoms with E-state index in [2.05, 4.69) is 30.8 Å². The Hall–Kier alpha value is -0.120. The summed E-state index contributed by atoms with van der Waals surface area (Å²) in [4.78, 5) is 5.13. The third-order valence-corrected chi connectivity index (χ3v) is 5.89. The Bertz CT molecular complexity index is 284. The smallest absolute Gasteiger partial charge is 0.0359 e. The van der Waals surface area contributed by atoms with E-state index in [9.17, 15) is 0 Å². The van der Waals surface area contributed by atoms with Gasteiger partial charge in [-0.25, -0.2) is 0 Å². The predicted molar refractivity (Wildman–Crippen MR) is 86.9 cm³/mol. The topological polar surface area (TPSA) is 32.5 Å². The quantitative estimate of drug-likeness (QED) is 0.840. The minimum Gasteiger partial charge on any atom is -0.329 e. The Labute approximate surface area is 125 Å². The van der Waals surface area contributed by atoms with Gasteiger partial charge in [0.25, 0.3) is 0 Å². The highest BCUT2D eigenvalue weighted by atomic mass is 15.2. The first kappa shape index (κ1) is 16.3. The molecule has 2 fully saturated rings. The van der Waals surface area contributed by atoms with Crippen molar-refractivity contribution in [2.45, 2.75) is 57.4 Å². The molecule has 1 aliphatic carbocycles. The first-order chi connectivity index (χ1) is 9.62. The van der Waals surface area contributed by atoms with Crippen LogP contribution in [0.1, 0.15) is 51.9 Å². The van der Waals surface area contributed by atoms with Gasteiger partial charge in [-0.3, -0.25) is 4.90 Å². The Morgan fingerprint density at radius 3 is 2.40 bits per heavy atom.